The average Bonchev–Trinajstić information content (AvgIpc) is 3.67. The van der Waals surface area contributed by atoms with E-state index in [1.165, 1.54) is 11.3 Å². The van der Waals surface area contributed by atoms with Gasteiger partial charge in [-0.05, 0) is 44.4 Å². The van der Waals surface area contributed by atoms with E-state index in [0.29, 0.717) is 23.9 Å². The first-order chi connectivity index (χ1) is 20.2. The zero-order valence-electron chi connectivity index (χ0n) is 23.9. The third kappa shape index (κ3) is 5.34. The van der Waals surface area contributed by atoms with E-state index in [4.69, 9.17) is 15.0 Å². The SMILES string of the molecule is Cc1nc(N[C@H](C)c2ccc(-c3cnn(C)c3)cc2)nc(N[C@@H]2C[C@H](CO)[C@@H](O)[C@H]2O)c1-c1nc2c(C)nccc2s1. The molecule has 1 aliphatic carbocycles. The van der Waals surface area contributed by atoms with Gasteiger partial charge >= 0.3 is 0 Å². The molecule has 5 N–H and O–H groups in total. The first kappa shape index (κ1) is 28.2. The monoisotopic (exact) mass is 586 g/mol. The summed E-state index contributed by atoms with van der Waals surface area (Å²) in [6.07, 6.45) is 3.91. The van der Waals surface area contributed by atoms with Crippen LogP contribution in [0.5, 0.6) is 0 Å². The Bertz CT molecular complexity index is 1720. The second-order valence-corrected chi connectivity index (χ2v) is 12.0. The second kappa shape index (κ2) is 11.4. The van der Waals surface area contributed by atoms with Gasteiger partial charge in [-0.3, -0.25) is 9.67 Å². The van der Waals surface area contributed by atoms with Gasteiger partial charge in [0, 0.05) is 37.5 Å². The molecular weight excluding hydrogens is 552 g/mol. The van der Waals surface area contributed by atoms with Crippen LogP contribution in [0, 0.1) is 19.8 Å². The van der Waals surface area contributed by atoms with Gasteiger partial charge in [-0.2, -0.15) is 10.1 Å². The number of benzene rings is 1. The minimum atomic E-state index is -1.05. The van der Waals surface area contributed by atoms with Crippen LogP contribution in [0.2, 0.25) is 0 Å². The van der Waals surface area contributed by atoms with E-state index < -0.39 is 24.2 Å². The predicted molar refractivity (Wildman–Crippen MR) is 163 cm³/mol. The number of nitrogens with one attached hydrogen (secondary N) is 2. The Morgan fingerprint density at radius 1 is 1.02 bits per heavy atom. The van der Waals surface area contributed by atoms with E-state index >= 15 is 0 Å². The number of hydrogen-bond donors (Lipinski definition) is 5. The molecule has 1 aromatic carbocycles. The van der Waals surface area contributed by atoms with Gasteiger partial charge in [0.1, 0.15) is 22.4 Å². The molecule has 5 atom stereocenters. The van der Waals surface area contributed by atoms with Crippen molar-refractivity contribution in [3.05, 3.63) is 65.9 Å². The lowest BCUT2D eigenvalue weighted by atomic mass is 10.0. The fourth-order valence-electron chi connectivity index (χ4n) is 5.52. The van der Waals surface area contributed by atoms with Crippen molar-refractivity contribution < 1.29 is 15.3 Å². The normalized spacial score (nSPS) is 21.1. The molecule has 1 fully saturated rings. The first-order valence-electron chi connectivity index (χ1n) is 13.9. The van der Waals surface area contributed by atoms with Gasteiger partial charge in [0.15, 0.2) is 0 Å². The summed E-state index contributed by atoms with van der Waals surface area (Å²) in [6, 6.07) is 9.62. The Labute approximate surface area is 247 Å². The maximum absolute atomic E-state index is 10.8. The number of nitrogens with zero attached hydrogens (tertiary/aromatic N) is 6. The third-order valence-electron chi connectivity index (χ3n) is 7.95. The fraction of sp³-hybridized carbons (Fsp3) is 0.367. The van der Waals surface area contributed by atoms with Crippen molar-refractivity contribution in [3.8, 4) is 21.7 Å². The highest BCUT2D eigenvalue weighted by Crippen LogP contribution is 2.39. The van der Waals surface area contributed by atoms with Gasteiger partial charge in [0.2, 0.25) is 5.95 Å². The highest BCUT2D eigenvalue weighted by Gasteiger charge is 2.41. The molecule has 5 aromatic rings. The topological polar surface area (TPSA) is 154 Å². The van der Waals surface area contributed by atoms with Crippen LogP contribution < -0.4 is 10.6 Å². The lowest BCUT2D eigenvalue weighted by Crippen LogP contribution is -2.35. The zero-order chi connectivity index (χ0) is 29.5. The zero-order valence-corrected chi connectivity index (χ0v) is 24.7. The predicted octanol–water partition coefficient (Wildman–Crippen LogP) is 3.85. The van der Waals surface area contributed by atoms with Crippen LogP contribution in [0.25, 0.3) is 31.9 Å². The van der Waals surface area contributed by atoms with Crippen LogP contribution in [-0.4, -0.2) is 69.9 Å². The minimum absolute atomic E-state index is 0.0973. The molecular formula is C30H34N8O3S. The second-order valence-electron chi connectivity index (χ2n) is 10.9. The van der Waals surface area contributed by atoms with Crippen LogP contribution >= 0.6 is 11.3 Å². The molecule has 218 valence electrons. The van der Waals surface area contributed by atoms with Gasteiger partial charge in [-0.15, -0.1) is 11.3 Å². The van der Waals surface area contributed by atoms with E-state index in [2.05, 4.69) is 45.0 Å². The molecule has 0 bridgehead atoms. The van der Waals surface area contributed by atoms with Gasteiger partial charge in [0.05, 0.1) is 46.0 Å². The Kier molecular flexibility index (Phi) is 7.62. The molecule has 11 nitrogen and oxygen atoms in total. The molecule has 1 aliphatic rings. The molecule has 0 spiro atoms. The van der Waals surface area contributed by atoms with Crippen molar-refractivity contribution >= 4 is 33.3 Å². The number of aromatic nitrogens is 6. The van der Waals surface area contributed by atoms with Gasteiger partial charge in [-0.1, -0.05) is 24.3 Å². The number of rotatable bonds is 8. The highest BCUT2D eigenvalue weighted by atomic mass is 32.1. The summed E-state index contributed by atoms with van der Waals surface area (Å²) in [6.45, 7) is 5.68. The van der Waals surface area contributed by atoms with E-state index in [0.717, 1.165) is 43.2 Å². The number of aliphatic hydroxyl groups is 3. The van der Waals surface area contributed by atoms with Crippen LogP contribution in [0.4, 0.5) is 11.8 Å². The van der Waals surface area contributed by atoms with Crippen LogP contribution in [0.15, 0.2) is 48.9 Å². The van der Waals surface area contributed by atoms with E-state index in [1.54, 1.807) is 10.9 Å². The Morgan fingerprint density at radius 3 is 2.48 bits per heavy atom. The molecule has 0 amide bonds. The quantitative estimate of drug-likeness (QED) is 0.181. The third-order valence-corrected chi connectivity index (χ3v) is 8.99. The summed E-state index contributed by atoms with van der Waals surface area (Å²) in [7, 11) is 1.90. The molecule has 4 heterocycles. The van der Waals surface area contributed by atoms with Crippen LogP contribution in [-0.2, 0) is 7.05 Å². The lowest BCUT2D eigenvalue weighted by molar-refractivity contribution is 0.00446. The van der Waals surface area contributed by atoms with Crippen LogP contribution in [0.1, 0.15) is 36.3 Å². The summed E-state index contributed by atoms with van der Waals surface area (Å²) in [4.78, 5) is 18.9. The van der Waals surface area contributed by atoms with Crippen LogP contribution in [0.3, 0.4) is 0 Å². The lowest BCUT2D eigenvalue weighted by Gasteiger charge is -2.22. The number of anilines is 2. The maximum Gasteiger partial charge on any atom is 0.225 e. The van der Waals surface area contributed by atoms with Crippen molar-refractivity contribution in [3.63, 3.8) is 0 Å². The largest absolute Gasteiger partial charge is 0.396 e. The molecule has 1 saturated carbocycles. The molecule has 0 unspecified atom stereocenters. The van der Waals surface area contributed by atoms with E-state index in [-0.39, 0.29) is 12.6 Å². The number of aryl methyl sites for hydroxylation is 3. The summed E-state index contributed by atoms with van der Waals surface area (Å²) in [5.41, 5.74) is 6.31. The molecule has 0 saturated heterocycles. The minimum Gasteiger partial charge on any atom is -0.396 e. The molecule has 6 rings (SSSR count). The van der Waals surface area contributed by atoms with Gasteiger partial charge < -0.3 is 26.0 Å². The van der Waals surface area contributed by atoms with Gasteiger partial charge in [-0.25, -0.2) is 9.97 Å². The smallest absolute Gasteiger partial charge is 0.225 e. The number of thiazole rings is 1. The molecule has 42 heavy (non-hydrogen) atoms. The summed E-state index contributed by atoms with van der Waals surface area (Å²) in [5.74, 6) is 0.504. The van der Waals surface area contributed by atoms with Crippen molar-refractivity contribution in [2.45, 2.75) is 51.5 Å². The molecule has 12 heteroatoms. The Morgan fingerprint density at radius 2 is 1.81 bits per heavy atom. The fourth-order valence-corrected chi connectivity index (χ4v) is 6.63. The summed E-state index contributed by atoms with van der Waals surface area (Å²) < 4.78 is 2.79. The maximum atomic E-state index is 10.8. The van der Waals surface area contributed by atoms with Crippen molar-refractivity contribution in [2.75, 3.05) is 17.2 Å². The van der Waals surface area contributed by atoms with Gasteiger partial charge in [0.25, 0.3) is 0 Å². The Balaban J connectivity index is 1.33. The number of fused-ring (bicyclic) bond motifs is 1. The van der Waals surface area contributed by atoms with E-state index in [9.17, 15) is 15.3 Å². The molecule has 4 aromatic heterocycles. The number of hydrogen-bond acceptors (Lipinski definition) is 11. The first-order valence-corrected chi connectivity index (χ1v) is 14.7. The molecule has 0 radical (unpaired) electrons. The summed E-state index contributed by atoms with van der Waals surface area (Å²) in [5, 5.41) is 42.7. The number of aliphatic hydroxyl groups excluding tert-OH is 3. The van der Waals surface area contributed by atoms with Crippen molar-refractivity contribution in [1.82, 2.24) is 29.7 Å². The number of pyridine rings is 1. The summed E-state index contributed by atoms with van der Waals surface area (Å²) >= 11 is 1.53. The average molecular weight is 587 g/mol. The molecule has 0 aliphatic heterocycles. The van der Waals surface area contributed by atoms with Crippen molar-refractivity contribution in [2.24, 2.45) is 13.0 Å². The standard InChI is InChI=1S/C30H34N8O3S/c1-15(18-5-7-19(8-6-18)21-12-32-38(4)13-21)33-30-34-16(2)24(29-36-25-17(3)31-10-9-23(25)42-29)28(37-30)35-22-11-20(14-39)26(40)27(22)41/h5-10,12-13,15,20,22,26-27,39-41H,11,14H2,1-4H3,(H2,33,34,35,37)/t15-,20-,22-,26-,27+/m1/s1. The Hall–Kier alpha value is -3.97. The van der Waals surface area contributed by atoms with E-state index in [1.807, 2.05) is 46.3 Å². The highest BCUT2D eigenvalue weighted by molar-refractivity contribution is 7.21. The van der Waals surface area contributed by atoms with Crippen molar-refractivity contribution in [1.29, 1.82) is 0 Å².